The minimum absolute atomic E-state index is 0.0858. The van der Waals surface area contributed by atoms with E-state index in [1.807, 2.05) is 0 Å². The van der Waals surface area contributed by atoms with E-state index in [9.17, 15) is 34.5 Å². The Morgan fingerprint density at radius 2 is 1.00 bits per heavy atom. The highest BCUT2D eigenvalue weighted by molar-refractivity contribution is 6.09. The number of carboxylic acid groups (broad SMARTS) is 4. The molecule has 0 unspecified atom stereocenters. The van der Waals surface area contributed by atoms with Crippen molar-refractivity contribution in [2.75, 3.05) is 0 Å². The molecular weight excluding hydrogens is 356 g/mol. The number of hydrogen-bond acceptors (Lipinski definition) is 4. The molecule has 0 amide bonds. The van der Waals surface area contributed by atoms with E-state index in [1.54, 1.807) is 0 Å². The van der Waals surface area contributed by atoms with E-state index < -0.39 is 35.9 Å². The monoisotopic (exact) mass is 370 g/mol. The molecule has 0 radical (unpaired) electrons. The summed E-state index contributed by atoms with van der Waals surface area (Å²) >= 11 is 0. The fraction of sp³-hybridized carbons (Fsp3) is 0.0526. The van der Waals surface area contributed by atoms with Crippen molar-refractivity contribution in [2.24, 2.45) is 0 Å². The maximum Gasteiger partial charge on any atom is 0.336 e. The molecule has 138 valence electrons. The first-order valence-corrected chi connectivity index (χ1v) is 7.57. The lowest BCUT2D eigenvalue weighted by Crippen LogP contribution is -2.14. The highest BCUT2D eigenvalue weighted by Crippen LogP contribution is 2.33. The van der Waals surface area contributed by atoms with E-state index in [0.717, 1.165) is 0 Å². The summed E-state index contributed by atoms with van der Waals surface area (Å²) in [7, 11) is 0. The van der Waals surface area contributed by atoms with E-state index in [-0.39, 0.29) is 27.8 Å². The van der Waals surface area contributed by atoms with Crippen LogP contribution in [0.3, 0.4) is 0 Å². The quantitative estimate of drug-likeness (QED) is 0.543. The summed E-state index contributed by atoms with van der Waals surface area (Å²) in [5.74, 6) is -5.77. The Balaban J connectivity index is 3.00. The van der Waals surface area contributed by atoms with Gasteiger partial charge in [-0.2, -0.15) is 0 Å². The number of rotatable bonds is 7. The minimum atomic E-state index is -1.59. The third-order valence-corrected chi connectivity index (χ3v) is 3.74. The van der Waals surface area contributed by atoms with Gasteiger partial charge in [0.25, 0.3) is 0 Å². The SMILES string of the molecule is O=C(O)CC(C(=O)O)=C(c1ccccc1C(=O)O)c1ccccc1C(=O)O. The molecule has 0 spiro atoms. The second-order valence-electron chi connectivity index (χ2n) is 5.43. The van der Waals surface area contributed by atoms with Crippen molar-refractivity contribution < 1.29 is 39.6 Å². The van der Waals surface area contributed by atoms with Gasteiger partial charge in [0.05, 0.1) is 23.1 Å². The smallest absolute Gasteiger partial charge is 0.336 e. The summed E-state index contributed by atoms with van der Waals surface area (Å²) in [6.07, 6.45) is -0.924. The predicted octanol–water partition coefficient (Wildman–Crippen LogP) is 2.44. The van der Waals surface area contributed by atoms with Crippen LogP contribution >= 0.6 is 0 Å². The van der Waals surface area contributed by atoms with E-state index in [0.29, 0.717) is 0 Å². The summed E-state index contributed by atoms with van der Waals surface area (Å²) in [5.41, 5.74) is -1.62. The number of aliphatic carboxylic acids is 2. The van der Waals surface area contributed by atoms with Crippen LogP contribution < -0.4 is 0 Å². The van der Waals surface area contributed by atoms with Gasteiger partial charge in [-0.15, -0.1) is 0 Å². The third kappa shape index (κ3) is 4.18. The molecule has 2 aromatic rings. The van der Waals surface area contributed by atoms with Crippen molar-refractivity contribution in [3.63, 3.8) is 0 Å². The minimum Gasteiger partial charge on any atom is -0.481 e. The highest BCUT2D eigenvalue weighted by Gasteiger charge is 2.26. The Morgan fingerprint density at radius 1 is 0.630 bits per heavy atom. The van der Waals surface area contributed by atoms with Gasteiger partial charge in [-0.1, -0.05) is 36.4 Å². The average molecular weight is 370 g/mol. The molecule has 0 saturated carbocycles. The molecule has 0 aliphatic rings. The van der Waals surface area contributed by atoms with Gasteiger partial charge >= 0.3 is 23.9 Å². The molecule has 0 aliphatic carbocycles. The van der Waals surface area contributed by atoms with Gasteiger partial charge in [0.1, 0.15) is 0 Å². The van der Waals surface area contributed by atoms with Crippen LogP contribution in [0.2, 0.25) is 0 Å². The standard InChI is InChI=1S/C19H14O8/c20-15(21)9-14(19(26)27)16(10-5-1-3-7-12(10)17(22)23)11-6-2-4-8-13(11)18(24)25/h1-8H,9H2,(H,20,21)(H,22,23)(H,24,25)(H,26,27). The molecule has 0 fully saturated rings. The molecule has 0 bridgehead atoms. The fourth-order valence-corrected chi connectivity index (χ4v) is 2.67. The summed E-state index contributed by atoms with van der Waals surface area (Å²) < 4.78 is 0. The van der Waals surface area contributed by atoms with Gasteiger partial charge in [-0.3, -0.25) is 4.79 Å². The van der Waals surface area contributed by atoms with Crippen molar-refractivity contribution >= 4 is 29.5 Å². The Kier molecular flexibility index (Phi) is 5.71. The highest BCUT2D eigenvalue weighted by atomic mass is 16.4. The first-order chi connectivity index (χ1) is 12.7. The van der Waals surface area contributed by atoms with E-state index in [2.05, 4.69) is 0 Å². The van der Waals surface area contributed by atoms with Gasteiger partial charge in [-0.05, 0) is 23.3 Å². The molecule has 0 aliphatic heterocycles. The normalized spacial score (nSPS) is 10.1. The van der Waals surface area contributed by atoms with Gasteiger partial charge in [0.2, 0.25) is 0 Å². The van der Waals surface area contributed by atoms with Crippen LogP contribution in [0.25, 0.3) is 5.57 Å². The van der Waals surface area contributed by atoms with E-state index in [4.69, 9.17) is 5.11 Å². The topological polar surface area (TPSA) is 149 Å². The third-order valence-electron chi connectivity index (χ3n) is 3.74. The van der Waals surface area contributed by atoms with E-state index >= 15 is 0 Å². The van der Waals surface area contributed by atoms with Gasteiger partial charge in [0, 0.05) is 5.57 Å². The lowest BCUT2D eigenvalue weighted by atomic mass is 9.86. The zero-order valence-corrected chi connectivity index (χ0v) is 13.7. The van der Waals surface area contributed by atoms with Crippen LogP contribution in [-0.4, -0.2) is 44.3 Å². The maximum atomic E-state index is 11.8. The van der Waals surface area contributed by atoms with Crippen LogP contribution in [0, 0.1) is 0 Å². The largest absolute Gasteiger partial charge is 0.481 e. The first kappa shape index (κ1) is 19.4. The number of aromatic carboxylic acids is 2. The molecule has 0 saturated heterocycles. The molecule has 2 rings (SSSR count). The molecule has 27 heavy (non-hydrogen) atoms. The summed E-state index contributed by atoms with van der Waals surface area (Å²) in [6.45, 7) is 0. The summed E-state index contributed by atoms with van der Waals surface area (Å²) in [5, 5.41) is 37.5. The Hall–Kier alpha value is -3.94. The Morgan fingerprint density at radius 3 is 1.30 bits per heavy atom. The van der Waals surface area contributed by atoms with Crippen molar-refractivity contribution in [3.8, 4) is 0 Å². The fourth-order valence-electron chi connectivity index (χ4n) is 2.67. The second kappa shape index (κ2) is 7.96. The Labute approximate surface area is 152 Å². The molecule has 2 aromatic carbocycles. The Bertz CT molecular complexity index is 912. The first-order valence-electron chi connectivity index (χ1n) is 7.57. The lowest BCUT2D eigenvalue weighted by Gasteiger charge is -2.16. The van der Waals surface area contributed by atoms with Crippen LogP contribution in [0.4, 0.5) is 0 Å². The van der Waals surface area contributed by atoms with Gasteiger partial charge in [0.15, 0.2) is 0 Å². The van der Waals surface area contributed by atoms with Crippen LogP contribution in [-0.2, 0) is 9.59 Å². The average Bonchev–Trinajstić information content (AvgIpc) is 2.61. The van der Waals surface area contributed by atoms with E-state index in [1.165, 1.54) is 48.5 Å². The summed E-state index contributed by atoms with van der Waals surface area (Å²) in [6, 6.07) is 10.8. The predicted molar refractivity (Wildman–Crippen MR) is 92.7 cm³/mol. The van der Waals surface area contributed by atoms with Crippen molar-refractivity contribution in [1.29, 1.82) is 0 Å². The molecule has 4 N–H and O–H groups in total. The molecular formula is C19H14O8. The molecule has 8 nitrogen and oxygen atoms in total. The van der Waals surface area contributed by atoms with Gasteiger partial charge in [-0.25, -0.2) is 14.4 Å². The van der Waals surface area contributed by atoms with Crippen molar-refractivity contribution in [1.82, 2.24) is 0 Å². The molecule has 0 heterocycles. The number of benzene rings is 2. The molecule has 8 heteroatoms. The number of carbonyl (C=O) groups is 4. The lowest BCUT2D eigenvalue weighted by molar-refractivity contribution is -0.139. The zero-order chi connectivity index (χ0) is 20.1. The number of carboxylic acids is 4. The number of hydrogen-bond donors (Lipinski definition) is 4. The van der Waals surface area contributed by atoms with Crippen LogP contribution in [0.5, 0.6) is 0 Å². The van der Waals surface area contributed by atoms with Crippen molar-refractivity contribution in [3.05, 3.63) is 76.4 Å². The maximum absolute atomic E-state index is 11.8. The molecule has 0 aromatic heterocycles. The summed E-state index contributed by atoms with van der Waals surface area (Å²) in [4.78, 5) is 46.1. The molecule has 0 atom stereocenters. The van der Waals surface area contributed by atoms with Crippen LogP contribution in [0.15, 0.2) is 54.1 Å². The van der Waals surface area contributed by atoms with Crippen molar-refractivity contribution in [2.45, 2.75) is 6.42 Å². The zero-order valence-electron chi connectivity index (χ0n) is 13.7. The van der Waals surface area contributed by atoms with Gasteiger partial charge < -0.3 is 20.4 Å². The van der Waals surface area contributed by atoms with Crippen LogP contribution in [0.1, 0.15) is 38.3 Å². The second-order valence-corrected chi connectivity index (χ2v) is 5.43.